The molecular weight excluding hydrogens is 206 g/mol. The van der Waals surface area contributed by atoms with Crippen molar-refractivity contribution >= 4 is 11.6 Å². The van der Waals surface area contributed by atoms with Crippen molar-refractivity contribution in [2.24, 2.45) is 17.8 Å². The van der Waals surface area contributed by atoms with E-state index in [2.05, 4.69) is 26.1 Å². The topological polar surface area (TPSA) is 12.0 Å². The Bertz CT molecular complexity index is 225. The van der Waals surface area contributed by atoms with E-state index >= 15 is 0 Å². The monoisotopic (exact) mass is 229 g/mol. The molecule has 0 heterocycles. The van der Waals surface area contributed by atoms with Gasteiger partial charge < -0.3 is 5.32 Å². The van der Waals surface area contributed by atoms with Crippen molar-refractivity contribution in [3.63, 3.8) is 0 Å². The Balaban J connectivity index is 1.79. The SMILES string of the molecule is CC(Cl)C(C)(C)NCC1CC2CCC1C2. The van der Waals surface area contributed by atoms with Crippen LogP contribution in [0.1, 0.15) is 46.5 Å². The summed E-state index contributed by atoms with van der Waals surface area (Å²) in [5.41, 5.74) is 0.0728. The summed E-state index contributed by atoms with van der Waals surface area (Å²) >= 11 is 6.17. The van der Waals surface area contributed by atoms with Crippen LogP contribution < -0.4 is 5.32 Å². The van der Waals surface area contributed by atoms with E-state index in [9.17, 15) is 0 Å². The highest BCUT2D eigenvalue weighted by atomic mass is 35.5. The lowest BCUT2D eigenvalue weighted by molar-refractivity contribution is 0.275. The van der Waals surface area contributed by atoms with Gasteiger partial charge in [-0.3, -0.25) is 0 Å². The van der Waals surface area contributed by atoms with Crippen LogP contribution in [0.2, 0.25) is 0 Å². The van der Waals surface area contributed by atoms with Crippen molar-refractivity contribution in [2.75, 3.05) is 6.54 Å². The molecule has 88 valence electrons. The standard InChI is InChI=1S/C13H24ClN/c1-9(14)13(2,3)15-8-12-7-10-4-5-11(12)6-10/h9-12,15H,4-8H2,1-3H3. The third-order valence-corrected chi connectivity index (χ3v) is 5.24. The summed E-state index contributed by atoms with van der Waals surface area (Å²) in [5.74, 6) is 3.00. The summed E-state index contributed by atoms with van der Waals surface area (Å²) in [6.07, 6.45) is 5.94. The van der Waals surface area contributed by atoms with Crippen LogP contribution in [0, 0.1) is 17.8 Å². The first-order valence-corrected chi connectivity index (χ1v) is 6.82. The quantitative estimate of drug-likeness (QED) is 0.729. The number of fused-ring (bicyclic) bond motifs is 2. The number of rotatable bonds is 4. The smallest absolute Gasteiger partial charge is 0.0484 e. The Hall–Kier alpha value is 0.250. The maximum Gasteiger partial charge on any atom is 0.0484 e. The van der Waals surface area contributed by atoms with Crippen LogP contribution >= 0.6 is 11.6 Å². The molecule has 2 heteroatoms. The molecule has 15 heavy (non-hydrogen) atoms. The van der Waals surface area contributed by atoms with E-state index in [1.165, 1.54) is 32.2 Å². The summed E-state index contributed by atoms with van der Waals surface area (Å²) in [5, 5.41) is 3.84. The maximum atomic E-state index is 6.17. The molecule has 0 aliphatic heterocycles. The van der Waals surface area contributed by atoms with Crippen molar-refractivity contribution in [3.05, 3.63) is 0 Å². The molecule has 0 saturated heterocycles. The van der Waals surface area contributed by atoms with Gasteiger partial charge in [0.05, 0.1) is 0 Å². The molecule has 0 aromatic heterocycles. The summed E-state index contributed by atoms with van der Waals surface area (Å²) in [7, 11) is 0. The zero-order valence-corrected chi connectivity index (χ0v) is 11.0. The number of halogens is 1. The third-order valence-electron chi connectivity index (χ3n) is 4.70. The highest BCUT2D eigenvalue weighted by Gasteiger charge is 2.39. The largest absolute Gasteiger partial charge is 0.310 e. The average Bonchev–Trinajstić information content (AvgIpc) is 2.75. The Kier molecular flexibility index (Phi) is 3.33. The third kappa shape index (κ3) is 2.50. The highest BCUT2D eigenvalue weighted by Crippen LogP contribution is 2.48. The minimum absolute atomic E-state index is 0.0728. The van der Waals surface area contributed by atoms with E-state index in [0.717, 1.165) is 17.8 Å². The molecule has 2 fully saturated rings. The second kappa shape index (κ2) is 4.25. The van der Waals surface area contributed by atoms with E-state index in [-0.39, 0.29) is 10.9 Å². The van der Waals surface area contributed by atoms with Gasteiger partial charge in [-0.1, -0.05) is 6.42 Å². The van der Waals surface area contributed by atoms with Crippen molar-refractivity contribution in [1.82, 2.24) is 5.32 Å². The first-order valence-electron chi connectivity index (χ1n) is 6.38. The van der Waals surface area contributed by atoms with Gasteiger partial charge in [0, 0.05) is 10.9 Å². The van der Waals surface area contributed by atoms with Gasteiger partial charge in [0.1, 0.15) is 0 Å². The molecule has 2 aliphatic carbocycles. The highest BCUT2D eigenvalue weighted by molar-refractivity contribution is 6.21. The molecule has 2 rings (SSSR count). The van der Waals surface area contributed by atoms with Crippen LogP contribution in [0.25, 0.3) is 0 Å². The molecule has 0 aromatic carbocycles. The van der Waals surface area contributed by atoms with E-state index in [4.69, 9.17) is 11.6 Å². The lowest BCUT2D eigenvalue weighted by atomic mass is 9.88. The van der Waals surface area contributed by atoms with Crippen LogP contribution in [0.3, 0.4) is 0 Å². The van der Waals surface area contributed by atoms with Crippen LogP contribution in [0.5, 0.6) is 0 Å². The Morgan fingerprint density at radius 1 is 1.33 bits per heavy atom. The number of nitrogens with one attached hydrogen (secondary N) is 1. The second-order valence-electron chi connectivity index (χ2n) is 6.15. The Morgan fingerprint density at radius 2 is 2.07 bits per heavy atom. The molecule has 2 bridgehead atoms. The fraction of sp³-hybridized carbons (Fsp3) is 1.00. The molecule has 4 unspecified atom stereocenters. The number of alkyl halides is 1. The van der Waals surface area contributed by atoms with E-state index < -0.39 is 0 Å². The van der Waals surface area contributed by atoms with E-state index in [0.29, 0.717) is 0 Å². The summed E-state index contributed by atoms with van der Waals surface area (Å²) < 4.78 is 0. The second-order valence-corrected chi connectivity index (χ2v) is 6.81. The minimum atomic E-state index is 0.0728. The predicted octanol–water partition coefficient (Wildman–Crippen LogP) is 3.42. The molecule has 2 aliphatic rings. The van der Waals surface area contributed by atoms with Gasteiger partial charge in [-0.2, -0.15) is 0 Å². The molecule has 1 N–H and O–H groups in total. The van der Waals surface area contributed by atoms with E-state index in [1.54, 1.807) is 0 Å². The molecule has 0 spiro atoms. The maximum absolute atomic E-state index is 6.17. The van der Waals surface area contributed by atoms with Crippen molar-refractivity contribution in [1.29, 1.82) is 0 Å². The van der Waals surface area contributed by atoms with Gasteiger partial charge in [-0.25, -0.2) is 0 Å². The van der Waals surface area contributed by atoms with Crippen molar-refractivity contribution < 1.29 is 0 Å². The lowest BCUT2D eigenvalue weighted by Gasteiger charge is -2.32. The predicted molar refractivity (Wildman–Crippen MR) is 66.3 cm³/mol. The van der Waals surface area contributed by atoms with Crippen molar-refractivity contribution in [2.45, 2.75) is 57.4 Å². The summed E-state index contributed by atoms with van der Waals surface area (Å²) in [6, 6.07) is 0. The first-order chi connectivity index (χ1) is 6.99. The lowest BCUT2D eigenvalue weighted by Crippen LogP contribution is -2.48. The number of hydrogen-bond acceptors (Lipinski definition) is 1. The zero-order valence-electron chi connectivity index (χ0n) is 10.2. The molecule has 0 aromatic rings. The van der Waals surface area contributed by atoms with Crippen molar-refractivity contribution in [3.8, 4) is 0 Å². The Morgan fingerprint density at radius 3 is 2.53 bits per heavy atom. The van der Waals surface area contributed by atoms with E-state index in [1.807, 2.05) is 0 Å². The zero-order chi connectivity index (χ0) is 11.1. The summed E-state index contributed by atoms with van der Waals surface area (Å²) in [4.78, 5) is 0. The van der Waals surface area contributed by atoms with Gasteiger partial charge in [0.2, 0.25) is 0 Å². The fourth-order valence-electron chi connectivity index (χ4n) is 3.16. The minimum Gasteiger partial charge on any atom is -0.310 e. The normalized spacial score (nSPS) is 37.2. The molecular formula is C13H24ClN. The van der Waals surface area contributed by atoms with Crippen LogP contribution in [-0.4, -0.2) is 17.5 Å². The molecule has 2 saturated carbocycles. The van der Waals surface area contributed by atoms with Crippen LogP contribution in [-0.2, 0) is 0 Å². The van der Waals surface area contributed by atoms with Crippen LogP contribution in [0.4, 0.5) is 0 Å². The fourth-order valence-corrected chi connectivity index (χ4v) is 3.24. The van der Waals surface area contributed by atoms with Gasteiger partial charge in [-0.15, -0.1) is 11.6 Å². The first kappa shape index (κ1) is 11.7. The van der Waals surface area contributed by atoms with Gasteiger partial charge in [0.25, 0.3) is 0 Å². The average molecular weight is 230 g/mol. The molecule has 0 amide bonds. The molecule has 0 radical (unpaired) electrons. The Labute approximate surface area is 99.0 Å². The van der Waals surface area contributed by atoms with Crippen LogP contribution in [0.15, 0.2) is 0 Å². The van der Waals surface area contributed by atoms with Gasteiger partial charge >= 0.3 is 0 Å². The number of hydrogen-bond donors (Lipinski definition) is 1. The molecule has 1 nitrogen and oxygen atoms in total. The van der Waals surface area contributed by atoms with Gasteiger partial charge in [-0.05, 0) is 64.3 Å². The van der Waals surface area contributed by atoms with Gasteiger partial charge in [0.15, 0.2) is 0 Å². The summed E-state index contributed by atoms with van der Waals surface area (Å²) in [6.45, 7) is 7.66. The molecule has 4 atom stereocenters.